The lowest BCUT2D eigenvalue weighted by Crippen LogP contribution is -2.20. The number of rotatable bonds is 2. The maximum absolute atomic E-state index is 10.4. The monoisotopic (exact) mass is 161 g/mol. The lowest BCUT2D eigenvalue weighted by Gasteiger charge is -1.84. The zero-order valence-electron chi connectivity index (χ0n) is 7.00. The van der Waals surface area contributed by atoms with Crippen LogP contribution in [0, 0.1) is 0 Å². The summed E-state index contributed by atoms with van der Waals surface area (Å²) in [5.41, 5.74) is 0.655. The number of carbonyl (C=O) groups excluding carboxylic acids is 1. The first-order chi connectivity index (χ1) is 5.77. The van der Waals surface area contributed by atoms with Gasteiger partial charge in [0.05, 0.1) is 0 Å². The Morgan fingerprint density at radius 3 is 2.83 bits per heavy atom. The summed E-state index contributed by atoms with van der Waals surface area (Å²) in [5.74, 6) is 0. The van der Waals surface area contributed by atoms with Crippen LogP contribution in [0.25, 0.3) is 12.7 Å². The van der Waals surface area contributed by atoms with Gasteiger partial charge in [0, 0.05) is 17.1 Å². The molecule has 62 valence electrons. The summed E-state index contributed by atoms with van der Waals surface area (Å²) in [4.78, 5) is 13.4. The molecule has 1 rings (SSSR count). The maximum Gasteiger partial charge on any atom is 0.149 e. The number of hydrogen-bond donors (Lipinski definition) is 1. The highest BCUT2D eigenvalue weighted by Gasteiger charge is 1.87. The van der Waals surface area contributed by atoms with E-state index in [-0.39, 0.29) is 0 Å². The van der Waals surface area contributed by atoms with Crippen molar-refractivity contribution in [3.8, 4) is 0 Å². The molecule has 2 heteroatoms. The van der Waals surface area contributed by atoms with Gasteiger partial charge < -0.3 is 4.98 Å². The van der Waals surface area contributed by atoms with Crippen molar-refractivity contribution in [2.24, 2.45) is 0 Å². The second kappa shape index (κ2) is 3.72. The van der Waals surface area contributed by atoms with Gasteiger partial charge in [-0.15, -0.1) is 0 Å². The first kappa shape index (κ1) is 8.53. The van der Waals surface area contributed by atoms with Crippen LogP contribution in [0.5, 0.6) is 0 Å². The Labute approximate surface area is 70.9 Å². The fourth-order valence-corrected chi connectivity index (χ4v) is 0.901. The van der Waals surface area contributed by atoms with Crippen LogP contribution in [-0.4, -0.2) is 11.3 Å². The highest BCUT2D eigenvalue weighted by molar-refractivity contribution is 5.85. The van der Waals surface area contributed by atoms with Crippen molar-refractivity contribution >= 4 is 18.9 Å². The Hall–Kier alpha value is -1.57. The standard InChI is InChI=1S/C10H11NO/c1-3-9(7-12)6-10-8(2)4-5-11-10/h3-7,11H,2H2,1H3/b9-3+,10-6+. The fourth-order valence-electron chi connectivity index (χ4n) is 0.901. The molecule has 0 saturated heterocycles. The number of allylic oxidation sites excluding steroid dienone is 2. The number of nitrogens with one attached hydrogen (secondary N) is 1. The largest absolute Gasteiger partial charge is 0.361 e. The van der Waals surface area contributed by atoms with Gasteiger partial charge in [-0.05, 0) is 24.3 Å². The van der Waals surface area contributed by atoms with Crippen LogP contribution < -0.4 is 10.6 Å². The van der Waals surface area contributed by atoms with Crippen molar-refractivity contribution in [1.82, 2.24) is 4.98 Å². The van der Waals surface area contributed by atoms with Gasteiger partial charge in [0.2, 0.25) is 0 Å². The smallest absolute Gasteiger partial charge is 0.149 e. The summed E-state index contributed by atoms with van der Waals surface area (Å²) in [6.45, 7) is 5.62. The summed E-state index contributed by atoms with van der Waals surface area (Å²) >= 11 is 0. The van der Waals surface area contributed by atoms with Gasteiger partial charge in [0.1, 0.15) is 6.29 Å². The predicted molar refractivity (Wildman–Crippen MR) is 49.9 cm³/mol. The van der Waals surface area contributed by atoms with E-state index in [1.54, 1.807) is 18.3 Å². The van der Waals surface area contributed by atoms with Crippen LogP contribution in [0.2, 0.25) is 0 Å². The number of hydrogen-bond acceptors (Lipinski definition) is 1. The molecule has 0 fully saturated rings. The zero-order valence-corrected chi connectivity index (χ0v) is 7.00. The quantitative estimate of drug-likeness (QED) is 0.492. The molecule has 1 heterocycles. The zero-order chi connectivity index (χ0) is 8.97. The Morgan fingerprint density at radius 2 is 2.42 bits per heavy atom. The minimum atomic E-state index is 0.655. The molecule has 12 heavy (non-hydrogen) atoms. The highest BCUT2D eigenvalue weighted by atomic mass is 16.1. The predicted octanol–water partition coefficient (Wildman–Crippen LogP) is 0.351. The van der Waals surface area contributed by atoms with Gasteiger partial charge in [0.25, 0.3) is 0 Å². The van der Waals surface area contributed by atoms with Gasteiger partial charge in [-0.3, -0.25) is 4.79 Å². The molecule has 0 aliphatic carbocycles. The third-order valence-corrected chi connectivity index (χ3v) is 1.65. The van der Waals surface area contributed by atoms with Gasteiger partial charge in [-0.25, -0.2) is 0 Å². The molecule has 0 saturated carbocycles. The Balaban J connectivity index is 3.22. The molecule has 0 atom stereocenters. The molecule has 0 spiro atoms. The van der Waals surface area contributed by atoms with Crippen LogP contribution in [0.15, 0.2) is 23.9 Å². The molecule has 1 N–H and O–H groups in total. The van der Waals surface area contributed by atoms with Crippen LogP contribution in [0.1, 0.15) is 6.92 Å². The molecule has 0 aromatic carbocycles. The summed E-state index contributed by atoms with van der Waals surface area (Å²) in [7, 11) is 0. The number of aromatic nitrogens is 1. The second-order valence-electron chi connectivity index (χ2n) is 2.47. The molecule has 1 aromatic heterocycles. The number of H-pyrrole nitrogens is 1. The van der Waals surface area contributed by atoms with E-state index in [0.717, 1.165) is 16.9 Å². The Kier molecular flexibility index (Phi) is 2.64. The Morgan fingerprint density at radius 1 is 1.67 bits per heavy atom. The lowest BCUT2D eigenvalue weighted by molar-refractivity contribution is -0.104. The highest BCUT2D eigenvalue weighted by Crippen LogP contribution is 1.88. The lowest BCUT2D eigenvalue weighted by atomic mass is 10.2. The van der Waals surface area contributed by atoms with E-state index < -0.39 is 0 Å². The van der Waals surface area contributed by atoms with Gasteiger partial charge in [-0.1, -0.05) is 12.7 Å². The van der Waals surface area contributed by atoms with E-state index in [4.69, 9.17) is 0 Å². The molecular weight excluding hydrogens is 150 g/mol. The third-order valence-electron chi connectivity index (χ3n) is 1.65. The van der Waals surface area contributed by atoms with Gasteiger partial charge in [-0.2, -0.15) is 0 Å². The van der Waals surface area contributed by atoms with Crippen molar-refractivity contribution in [1.29, 1.82) is 0 Å². The van der Waals surface area contributed by atoms with Crippen molar-refractivity contribution in [2.75, 3.05) is 0 Å². The van der Waals surface area contributed by atoms with Crippen LogP contribution in [-0.2, 0) is 4.79 Å². The van der Waals surface area contributed by atoms with E-state index >= 15 is 0 Å². The molecule has 0 unspecified atom stereocenters. The van der Waals surface area contributed by atoms with E-state index in [0.29, 0.717) is 5.57 Å². The van der Waals surface area contributed by atoms with E-state index in [2.05, 4.69) is 11.6 Å². The average Bonchev–Trinajstić information content (AvgIpc) is 2.47. The molecule has 1 aromatic rings. The first-order valence-corrected chi connectivity index (χ1v) is 3.73. The average molecular weight is 161 g/mol. The second-order valence-corrected chi connectivity index (χ2v) is 2.47. The number of aldehydes is 1. The summed E-state index contributed by atoms with van der Waals surface area (Å²) in [5, 5.41) is 1.78. The molecule has 0 bridgehead atoms. The SMILES string of the molecule is C=c1cc[nH]/c1=C/C(C=O)=C\C. The number of carbonyl (C=O) groups is 1. The first-order valence-electron chi connectivity index (χ1n) is 3.73. The van der Waals surface area contributed by atoms with Crippen molar-refractivity contribution in [3.05, 3.63) is 34.5 Å². The molecule has 0 aliphatic rings. The minimum Gasteiger partial charge on any atom is -0.361 e. The maximum atomic E-state index is 10.4. The molecule has 0 amide bonds. The Bertz CT molecular complexity index is 398. The van der Waals surface area contributed by atoms with Crippen LogP contribution in [0.3, 0.4) is 0 Å². The van der Waals surface area contributed by atoms with E-state index in [1.165, 1.54) is 0 Å². The number of aromatic amines is 1. The van der Waals surface area contributed by atoms with Crippen molar-refractivity contribution < 1.29 is 4.79 Å². The summed E-state index contributed by atoms with van der Waals surface area (Å²) in [6.07, 6.45) is 6.15. The normalized spacial score (nSPS) is 13.4. The minimum absolute atomic E-state index is 0.655. The van der Waals surface area contributed by atoms with Crippen LogP contribution >= 0.6 is 0 Å². The fraction of sp³-hybridized carbons (Fsp3) is 0.100. The topological polar surface area (TPSA) is 32.9 Å². The molecular formula is C10H11NO. The molecule has 0 aliphatic heterocycles. The molecule has 0 radical (unpaired) electrons. The summed E-state index contributed by atoms with van der Waals surface area (Å²) in [6, 6.07) is 1.86. The van der Waals surface area contributed by atoms with Gasteiger partial charge in [0.15, 0.2) is 0 Å². The van der Waals surface area contributed by atoms with Crippen LogP contribution in [0.4, 0.5) is 0 Å². The molecule has 2 nitrogen and oxygen atoms in total. The van der Waals surface area contributed by atoms with Crippen molar-refractivity contribution in [2.45, 2.75) is 6.92 Å². The summed E-state index contributed by atoms with van der Waals surface area (Å²) < 4.78 is 0. The van der Waals surface area contributed by atoms with Gasteiger partial charge >= 0.3 is 0 Å². The van der Waals surface area contributed by atoms with E-state index in [9.17, 15) is 4.79 Å². The third kappa shape index (κ3) is 1.72. The van der Waals surface area contributed by atoms with Crippen molar-refractivity contribution in [3.63, 3.8) is 0 Å². The van der Waals surface area contributed by atoms with E-state index in [1.807, 2.05) is 13.0 Å².